The summed E-state index contributed by atoms with van der Waals surface area (Å²) in [5, 5.41) is 6.88. The van der Waals surface area contributed by atoms with E-state index in [0.717, 1.165) is 61.0 Å². The van der Waals surface area contributed by atoms with Crippen LogP contribution >= 0.6 is 0 Å². The second-order valence-electron chi connectivity index (χ2n) is 14.5. The van der Waals surface area contributed by atoms with Gasteiger partial charge in [0.1, 0.15) is 11.2 Å². The molecule has 0 aliphatic heterocycles. The average Bonchev–Trinajstić information content (AvgIpc) is 3.93. The normalized spacial score (nSPS) is 11.9. The summed E-state index contributed by atoms with van der Waals surface area (Å²) in [6.45, 7) is 0. The molecule has 0 bridgehead atoms. The van der Waals surface area contributed by atoms with E-state index in [4.69, 9.17) is 19.4 Å². The van der Waals surface area contributed by atoms with Crippen LogP contribution in [0.3, 0.4) is 0 Å². The van der Waals surface area contributed by atoms with Gasteiger partial charge in [-0.1, -0.05) is 115 Å². The molecule has 4 heterocycles. The molecule has 0 amide bonds. The first-order valence-corrected chi connectivity index (χ1v) is 19.1. The molecular weight excluding hydrogens is 699 g/mol. The van der Waals surface area contributed by atoms with Gasteiger partial charge in [0.25, 0.3) is 0 Å². The van der Waals surface area contributed by atoms with E-state index in [2.05, 4.69) is 124 Å². The number of para-hydroxylation sites is 3. The van der Waals surface area contributed by atoms with Crippen LogP contribution in [0.2, 0.25) is 0 Å². The largest absolute Gasteiger partial charge is 0.456 e. The Morgan fingerprint density at radius 2 is 0.754 bits per heavy atom. The van der Waals surface area contributed by atoms with Gasteiger partial charge in [-0.15, -0.1) is 0 Å². The minimum absolute atomic E-state index is 0.608. The highest BCUT2D eigenvalue weighted by molar-refractivity contribution is 6.19. The fourth-order valence-corrected chi connectivity index (χ4v) is 8.55. The summed E-state index contributed by atoms with van der Waals surface area (Å²) in [6.07, 6.45) is 0. The van der Waals surface area contributed by atoms with Crippen molar-refractivity contribution in [2.45, 2.75) is 0 Å². The molecule has 266 valence electrons. The molecule has 6 heteroatoms. The SMILES string of the molecule is c1ccc(-c2nc(-c3ccccc3)nc(-c3ccc4oc5ccc(-n6c7ccccc7c7cc8c(cc76)c6ccccc6n8-c6ccccc6)cc5c4c3)n2)cc1. The first-order valence-electron chi connectivity index (χ1n) is 19.1. The lowest BCUT2D eigenvalue weighted by Gasteiger charge is -2.09. The molecule has 0 unspecified atom stereocenters. The van der Waals surface area contributed by atoms with Crippen LogP contribution in [0.25, 0.3) is 111 Å². The monoisotopic (exact) mass is 729 g/mol. The van der Waals surface area contributed by atoms with Crippen molar-refractivity contribution in [1.82, 2.24) is 24.1 Å². The zero-order chi connectivity index (χ0) is 37.5. The molecule has 0 atom stereocenters. The standard InChI is InChI=1S/C51H31N5O/c1-4-14-32(15-5-1)49-52-50(33-16-6-2-7-17-33)54-51(53-49)34-24-26-47-41(28-34)42-29-36(25-27-48(42)57-47)56-44-23-13-11-21-38(44)40-30-45-39(31-46(40)56)37-20-10-12-22-43(37)55(45)35-18-8-3-9-19-35/h1-31H. The van der Waals surface area contributed by atoms with Crippen molar-refractivity contribution in [3.63, 3.8) is 0 Å². The Balaban J connectivity index is 1.07. The lowest BCUT2D eigenvalue weighted by molar-refractivity contribution is 0.669. The van der Waals surface area contributed by atoms with Gasteiger partial charge in [0.05, 0.1) is 22.1 Å². The molecule has 12 aromatic rings. The molecule has 0 spiro atoms. The third-order valence-electron chi connectivity index (χ3n) is 11.1. The van der Waals surface area contributed by atoms with Crippen LogP contribution < -0.4 is 0 Å². The van der Waals surface area contributed by atoms with Crippen LogP contribution in [-0.4, -0.2) is 24.1 Å². The average molecular weight is 730 g/mol. The van der Waals surface area contributed by atoms with Crippen molar-refractivity contribution >= 4 is 65.6 Å². The number of nitrogens with zero attached hydrogens (tertiary/aromatic N) is 5. The van der Waals surface area contributed by atoms with Crippen LogP contribution in [0.5, 0.6) is 0 Å². The van der Waals surface area contributed by atoms with E-state index < -0.39 is 0 Å². The molecule has 4 aromatic heterocycles. The van der Waals surface area contributed by atoms with E-state index in [1.807, 2.05) is 72.8 Å². The van der Waals surface area contributed by atoms with Crippen LogP contribution in [0.1, 0.15) is 0 Å². The Labute approximate surface area is 326 Å². The van der Waals surface area contributed by atoms with Gasteiger partial charge in [0.15, 0.2) is 17.5 Å². The Bertz CT molecular complexity index is 3450. The van der Waals surface area contributed by atoms with Crippen LogP contribution in [0.15, 0.2) is 192 Å². The van der Waals surface area contributed by atoms with Crippen molar-refractivity contribution < 1.29 is 4.42 Å². The van der Waals surface area contributed by atoms with E-state index in [0.29, 0.717) is 17.5 Å². The number of hydrogen-bond donors (Lipinski definition) is 0. The molecule has 57 heavy (non-hydrogen) atoms. The minimum Gasteiger partial charge on any atom is -0.456 e. The van der Waals surface area contributed by atoms with Crippen molar-refractivity contribution in [1.29, 1.82) is 0 Å². The maximum atomic E-state index is 6.46. The highest BCUT2D eigenvalue weighted by Gasteiger charge is 2.20. The number of furan rings is 1. The van der Waals surface area contributed by atoms with Crippen LogP contribution in [0, 0.1) is 0 Å². The maximum absolute atomic E-state index is 6.46. The second-order valence-corrected chi connectivity index (χ2v) is 14.5. The highest BCUT2D eigenvalue weighted by Crippen LogP contribution is 2.41. The topological polar surface area (TPSA) is 61.7 Å². The number of aromatic nitrogens is 5. The van der Waals surface area contributed by atoms with Crippen LogP contribution in [-0.2, 0) is 0 Å². The third kappa shape index (κ3) is 4.94. The Hall–Kier alpha value is -7.83. The predicted octanol–water partition coefficient (Wildman–Crippen LogP) is 13.0. The van der Waals surface area contributed by atoms with Gasteiger partial charge in [0, 0.05) is 60.4 Å². The lowest BCUT2D eigenvalue weighted by atomic mass is 10.1. The van der Waals surface area contributed by atoms with Gasteiger partial charge >= 0.3 is 0 Å². The summed E-state index contributed by atoms with van der Waals surface area (Å²) in [7, 11) is 0. The zero-order valence-electron chi connectivity index (χ0n) is 30.5. The van der Waals surface area contributed by atoms with Crippen molar-refractivity contribution in [2.75, 3.05) is 0 Å². The van der Waals surface area contributed by atoms with Gasteiger partial charge in [0.2, 0.25) is 0 Å². The van der Waals surface area contributed by atoms with Gasteiger partial charge in [-0.2, -0.15) is 0 Å². The molecule has 12 rings (SSSR count). The second kappa shape index (κ2) is 12.3. The fourth-order valence-electron chi connectivity index (χ4n) is 8.55. The summed E-state index contributed by atoms with van der Waals surface area (Å²) < 4.78 is 11.2. The Morgan fingerprint density at radius 3 is 1.33 bits per heavy atom. The molecule has 8 aromatic carbocycles. The summed E-state index contributed by atoms with van der Waals surface area (Å²) in [4.78, 5) is 14.9. The summed E-state index contributed by atoms with van der Waals surface area (Å²) in [6, 6.07) is 65.7. The summed E-state index contributed by atoms with van der Waals surface area (Å²) in [5.74, 6) is 1.87. The number of benzene rings is 8. The molecule has 6 nitrogen and oxygen atoms in total. The molecular formula is C51H31N5O. The molecule has 0 saturated heterocycles. The van der Waals surface area contributed by atoms with Crippen molar-refractivity contribution in [2.24, 2.45) is 0 Å². The summed E-state index contributed by atoms with van der Waals surface area (Å²) in [5.41, 5.74) is 11.3. The number of fused-ring (bicyclic) bond motifs is 9. The van der Waals surface area contributed by atoms with E-state index in [9.17, 15) is 0 Å². The first kappa shape index (κ1) is 31.5. The van der Waals surface area contributed by atoms with E-state index in [1.165, 1.54) is 32.6 Å². The maximum Gasteiger partial charge on any atom is 0.164 e. The van der Waals surface area contributed by atoms with Crippen molar-refractivity contribution in [3.05, 3.63) is 188 Å². The Morgan fingerprint density at radius 1 is 0.298 bits per heavy atom. The first-order chi connectivity index (χ1) is 28.2. The van der Waals surface area contributed by atoms with E-state index >= 15 is 0 Å². The number of rotatable bonds is 5. The van der Waals surface area contributed by atoms with E-state index in [-0.39, 0.29) is 0 Å². The quantitative estimate of drug-likeness (QED) is 0.177. The fraction of sp³-hybridized carbons (Fsp3) is 0. The number of hydrogen-bond acceptors (Lipinski definition) is 4. The zero-order valence-corrected chi connectivity index (χ0v) is 30.5. The van der Waals surface area contributed by atoms with Gasteiger partial charge < -0.3 is 13.6 Å². The van der Waals surface area contributed by atoms with Crippen molar-refractivity contribution in [3.8, 4) is 45.5 Å². The van der Waals surface area contributed by atoms with E-state index in [1.54, 1.807) is 0 Å². The molecule has 0 aliphatic rings. The molecule has 0 radical (unpaired) electrons. The van der Waals surface area contributed by atoms with Gasteiger partial charge in [-0.25, -0.2) is 15.0 Å². The molecule has 0 N–H and O–H groups in total. The third-order valence-corrected chi connectivity index (χ3v) is 11.1. The molecule has 0 saturated carbocycles. The molecule has 0 fully saturated rings. The summed E-state index contributed by atoms with van der Waals surface area (Å²) >= 11 is 0. The van der Waals surface area contributed by atoms with Gasteiger partial charge in [-0.05, 0) is 72.8 Å². The van der Waals surface area contributed by atoms with Crippen LogP contribution in [0.4, 0.5) is 0 Å². The highest BCUT2D eigenvalue weighted by atomic mass is 16.3. The molecule has 0 aliphatic carbocycles. The lowest BCUT2D eigenvalue weighted by Crippen LogP contribution is -2.00. The predicted molar refractivity (Wildman–Crippen MR) is 232 cm³/mol. The minimum atomic E-state index is 0.608. The van der Waals surface area contributed by atoms with Gasteiger partial charge in [-0.3, -0.25) is 0 Å². The Kier molecular flexibility index (Phi) is 6.83. The smallest absolute Gasteiger partial charge is 0.164 e.